The minimum absolute atomic E-state index is 0.197. The van der Waals surface area contributed by atoms with Gasteiger partial charge in [-0.3, -0.25) is 0 Å². The van der Waals surface area contributed by atoms with Crippen LogP contribution in [-0.4, -0.2) is 24.9 Å². The third-order valence-electron chi connectivity index (χ3n) is 1.77. The Hall–Kier alpha value is -1.12. The molecule has 0 aliphatic rings. The summed E-state index contributed by atoms with van der Waals surface area (Å²) in [7, 11) is 0. The molecular formula is C12H16O2. The average Bonchev–Trinajstić information content (AvgIpc) is 2.25. The molecule has 0 spiro atoms. The van der Waals surface area contributed by atoms with Crippen molar-refractivity contribution >= 4 is 6.08 Å². The van der Waals surface area contributed by atoms with Crippen molar-refractivity contribution in [3.05, 3.63) is 42.0 Å². The third-order valence-corrected chi connectivity index (χ3v) is 1.77. The van der Waals surface area contributed by atoms with E-state index in [0.29, 0.717) is 19.6 Å². The van der Waals surface area contributed by atoms with Gasteiger partial charge < -0.3 is 9.84 Å². The van der Waals surface area contributed by atoms with Gasteiger partial charge in [0.05, 0.1) is 6.61 Å². The van der Waals surface area contributed by atoms with E-state index in [4.69, 9.17) is 9.84 Å². The summed E-state index contributed by atoms with van der Waals surface area (Å²) >= 11 is 0. The maximum absolute atomic E-state index is 8.50. The first-order valence-electron chi connectivity index (χ1n) is 4.83. The topological polar surface area (TPSA) is 29.5 Å². The van der Waals surface area contributed by atoms with Crippen molar-refractivity contribution in [1.29, 1.82) is 0 Å². The van der Waals surface area contributed by atoms with Gasteiger partial charge in [-0.25, -0.2) is 0 Å². The zero-order chi connectivity index (χ0) is 10.1. The molecule has 0 unspecified atom stereocenters. The van der Waals surface area contributed by atoms with Gasteiger partial charge in [0.15, 0.2) is 0 Å². The minimum Gasteiger partial charge on any atom is -0.396 e. The first kappa shape index (κ1) is 11.0. The van der Waals surface area contributed by atoms with Crippen LogP contribution in [0, 0.1) is 0 Å². The van der Waals surface area contributed by atoms with E-state index in [9.17, 15) is 0 Å². The highest BCUT2D eigenvalue weighted by molar-refractivity contribution is 5.48. The summed E-state index contributed by atoms with van der Waals surface area (Å²) < 4.78 is 5.25. The van der Waals surface area contributed by atoms with Crippen molar-refractivity contribution in [1.82, 2.24) is 0 Å². The second-order valence-electron chi connectivity index (χ2n) is 2.97. The van der Waals surface area contributed by atoms with Gasteiger partial charge in [0, 0.05) is 13.2 Å². The molecule has 0 aliphatic carbocycles. The number of aliphatic hydroxyl groups excluding tert-OH is 1. The van der Waals surface area contributed by atoms with Crippen LogP contribution < -0.4 is 0 Å². The predicted octanol–water partition coefficient (Wildman–Crippen LogP) is 2.10. The molecule has 0 radical (unpaired) electrons. The molecule has 0 amide bonds. The van der Waals surface area contributed by atoms with Crippen LogP contribution in [-0.2, 0) is 4.74 Å². The Balaban J connectivity index is 2.15. The third kappa shape index (κ3) is 4.80. The summed E-state index contributed by atoms with van der Waals surface area (Å²) in [5, 5.41) is 8.50. The van der Waals surface area contributed by atoms with Gasteiger partial charge in [0.1, 0.15) is 0 Å². The number of aliphatic hydroxyl groups is 1. The molecule has 1 aromatic carbocycles. The van der Waals surface area contributed by atoms with Crippen molar-refractivity contribution < 1.29 is 9.84 Å². The zero-order valence-corrected chi connectivity index (χ0v) is 8.23. The monoisotopic (exact) mass is 192 g/mol. The Labute approximate surface area is 84.8 Å². The van der Waals surface area contributed by atoms with Crippen LogP contribution in [0.3, 0.4) is 0 Å². The van der Waals surface area contributed by atoms with Gasteiger partial charge in [-0.2, -0.15) is 0 Å². The number of rotatable bonds is 6. The molecule has 0 saturated carbocycles. The lowest BCUT2D eigenvalue weighted by atomic mass is 10.2. The van der Waals surface area contributed by atoms with Crippen LogP contribution in [0.5, 0.6) is 0 Å². The van der Waals surface area contributed by atoms with Gasteiger partial charge >= 0.3 is 0 Å². The summed E-state index contributed by atoms with van der Waals surface area (Å²) in [6.07, 6.45) is 4.71. The Bertz CT molecular complexity index is 254. The van der Waals surface area contributed by atoms with Crippen LogP contribution >= 0.6 is 0 Å². The Morgan fingerprint density at radius 1 is 1.21 bits per heavy atom. The van der Waals surface area contributed by atoms with Crippen LogP contribution in [0.1, 0.15) is 12.0 Å². The fourth-order valence-corrected chi connectivity index (χ4v) is 1.07. The van der Waals surface area contributed by atoms with Crippen molar-refractivity contribution in [3.8, 4) is 0 Å². The van der Waals surface area contributed by atoms with Crippen LogP contribution in [0.15, 0.2) is 36.4 Å². The maximum atomic E-state index is 8.50. The largest absolute Gasteiger partial charge is 0.396 e. The molecule has 2 nitrogen and oxygen atoms in total. The summed E-state index contributed by atoms with van der Waals surface area (Å²) in [4.78, 5) is 0. The lowest BCUT2D eigenvalue weighted by Gasteiger charge is -1.97. The Morgan fingerprint density at radius 2 is 2.00 bits per heavy atom. The SMILES string of the molecule is OCCCOCC=Cc1ccccc1. The smallest absolute Gasteiger partial charge is 0.0650 e. The normalized spacial score (nSPS) is 10.9. The molecule has 0 aromatic heterocycles. The van der Waals surface area contributed by atoms with Crippen LogP contribution in [0.2, 0.25) is 0 Å². The molecule has 76 valence electrons. The van der Waals surface area contributed by atoms with Crippen LogP contribution in [0.25, 0.3) is 6.08 Å². The first-order chi connectivity index (χ1) is 6.93. The van der Waals surface area contributed by atoms with Crippen molar-refractivity contribution in [2.45, 2.75) is 6.42 Å². The van der Waals surface area contributed by atoms with Gasteiger partial charge in [-0.15, -0.1) is 0 Å². The maximum Gasteiger partial charge on any atom is 0.0650 e. The number of hydrogen-bond donors (Lipinski definition) is 1. The number of benzene rings is 1. The Kier molecular flexibility index (Phi) is 5.71. The van der Waals surface area contributed by atoms with E-state index < -0.39 is 0 Å². The summed E-state index contributed by atoms with van der Waals surface area (Å²) in [5.74, 6) is 0. The molecule has 0 heterocycles. The second-order valence-corrected chi connectivity index (χ2v) is 2.97. The molecule has 0 saturated heterocycles. The van der Waals surface area contributed by atoms with Crippen LogP contribution in [0.4, 0.5) is 0 Å². The van der Waals surface area contributed by atoms with E-state index >= 15 is 0 Å². The van der Waals surface area contributed by atoms with E-state index in [2.05, 4.69) is 0 Å². The molecule has 14 heavy (non-hydrogen) atoms. The van der Waals surface area contributed by atoms with Gasteiger partial charge in [0.25, 0.3) is 0 Å². The van der Waals surface area contributed by atoms with Gasteiger partial charge in [0.2, 0.25) is 0 Å². The molecule has 1 N–H and O–H groups in total. The highest BCUT2D eigenvalue weighted by Gasteiger charge is 1.84. The molecule has 1 rings (SSSR count). The standard InChI is InChI=1S/C12H16O2/c13-9-5-11-14-10-4-8-12-6-2-1-3-7-12/h1-4,6-8,13H,5,9-11H2. The highest BCUT2D eigenvalue weighted by atomic mass is 16.5. The first-order valence-corrected chi connectivity index (χ1v) is 4.83. The second kappa shape index (κ2) is 7.30. The molecule has 0 bridgehead atoms. The fourth-order valence-electron chi connectivity index (χ4n) is 1.07. The predicted molar refractivity (Wildman–Crippen MR) is 58.0 cm³/mol. The Morgan fingerprint density at radius 3 is 2.71 bits per heavy atom. The average molecular weight is 192 g/mol. The van der Waals surface area contributed by atoms with Gasteiger partial charge in [-0.1, -0.05) is 42.5 Å². The minimum atomic E-state index is 0.197. The summed E-state index contributed by atoms with van der Waals surface area (Å²) in [6, 6.07) is 10.1. The molecule has 0 atom stereocenters. The fraction of sp³-hybridized carbons (Fsp3) is 0.333. The molecule has 0 fully saturated rings. The lowest BCUT2D eigenvalue weighted by Crippen LogP contribution is -1.96. The van der Waals surface area contributed by atoms with E-state index in [1.807, 2.05) is 42.5 Å². The van der Waals surface area contributed by atoms with E-state index in [-0.39, 0.29) is 6.61 Å². The van der Waals surface area contributed by atoms with E-state index in [0.717, 1.165) is 0 Å². The summed E-state index contributed by atoms with van der Waals surface area (Å²) in [6.45, 7) is 1.42. The van der Waals surface area contributed by atoms with Gasteiger partial charge in [-0.05, 0) is 12.0 Å². The molecule has 0 aliphatic heterocycles. The zero-order valence-electron chi connectivity index (χ0n) is 8.23. The summed E-state index contributed by atoms with van der Waals surface area (Å²) in [5.41, 5.74) is 1.18. The van der Waals surface area contributed by atoms with E-state index in [1.54, 1.807) is 0 Å². The van der Waals surface area contributed by atoms with Crippen molar-refractivity contribution in [2.24, 2.45) is 0 Å². The number of ether oxygens (including phenoxy) is 1. The quantitative estimate of drug-likeness (QED) is 0.699. The molecule has 2 heteroatoms. The lowest BCUT2D eigenvalue weighted by molar-refractivity contribution is 0.139. The van der Waals surface area contributed by atoms with Crippen molar-refractivity contribution in [2.75, 3.05) is 19.8 Å². The van der Waals surface area contributed by atoms with Crippen molar-refractivity contribution in [3.63, 3.8) is 0 Å². The molecular weight excluding hydrogens is 176 g/mol. The molecule has 1 aromatic rings. The number of hydrogen-bond acceptors (Lipinski definition) is 2. The van der Waals surface area contributed by atoms with E-state index in [1.165, 1.54) is 5.56 Å². The highest BCUT2D eigenvalue weighted by Crippen LogP contribution is 2.00.